The van der Waals surface area contributed by atoms with Crippen molar-refractivity contribution in [1.82, 2.24) is 9.97 Å². The summed E-state index contributed by atoms with van der Waals surface area (Å²) in [6.07, 6.45) is 0. The van der Waals surface area contributed by atoms with Crippen molar-refractivity contribution in [3.8, 4) is 45.0 Å². The Morgan fingerprint density at radius 1 is 0.500 bits per heavy atom. The molecule has 1 aliphatic carbocycles. The number of fused-ring (bicyclic) bond motifs is 6. The third kappa shape index (κ3) is 3.89. The average molecular weight is 571 g/mol. The lowest BCUT2D eigenvalue weighted by Crippen LogP contribution is -2.37. The Bertz CT molecular complexity index is 2110. The summed E-state index contributed by atoms with van der Waals surface area (Å²) in [7, 11) is 0. The molecule has 3 heteroatoms. The zero-order chi connectivity index (χ0) is 30.0. The van der Waals surface area contributed by atoms with Crippen LogP contribution in [0.15, 0.2) is 126 Å². The molecule has 0 unspecified atom stereocenters. The molecule has 214 valence electrons. The van der Waals surface area contributed by atoms with E-state index in [1.54, 1.807) is 0 Å². The molecule has 0 aliphatic heterocycles. The van der Waals surface area contributed by atoms with Crippen molar-refractivity contribution < 1.29 is 4.42 Å². The van der Waals surface area contributed by atoms with Crippen molar-refractivity contribution in [2.24, 2.45) is 11.8 Å². The zero-order valence-corrected chi connectivity index (χ0v) is 25.5. The van der Waals surface area contributed by atoms with E-state index in [1.807, 2.05) is 30.3 Å². The highest BCUT2D eigenvalue weighted by Gasteiger charge is 2.48. The molecular weight excluding hydrogens is 536 g/mol. The van der Waals surface area contributed by atoms with E-state index >= 15 is 0 Å². The standard InChI is InChI=1S/C41H34N2O/c1-25(2)41(26(3)4)34-20-19-29(21-31(34)32-22-33-30-17-11-12-18-38(30)44-39(33)23-35(32)41)37-24-36(27-13-7-5-8-14-27)42-40(43-37)28-15-9-6-10-16-28/h5-26H,1-4H3. The van der Waals surface area contributed by atoms with E-state index in [0.717, 1.165) is 50.5 Å². The molecular formula is C41H34N2O. The summed E-state index contributed by atoms with van der Waals surface area (Å²) in [6.45, 7) is 9.44. The van der Waals surface area contributed by atoms with Gasteiger partial charge < -0.3 is 4.42 Å². The molecule has 7 aromatic rings. The van der Waals surface area contributed by atoms with Crippen LogP contribution in [-0.4, -0.2) is 9.97 Å². The smallest absolute Gasteiger partial charge is 0.160 e. The van der Waals surface area contributed by atoms with Gasteiger partial charge in [0.25, 0.3) is 0 Å². The Hall–Kier alpha value is -5.02. The van der Waals surface area contributed by atoms with E-state index in [-0.39, 0.29) is 5.41 Å². The first-order valence-electron chi connectivity index (χ1n) is 15.6. The molecule has 5 aromatic carbocycles. The van der Waals surface area contributed by atoms with Gasteiger partial charge >= 0.3 is 0 Å². The lowest BCUT2D eigenvalue weighted by molar-refractivity contribution is 0.280. The first-order chi connectivity index (χ1) is 21.4. The summed E-state index contributed by atoms with van der Waals surface area (Å²) in [5.74, 6) is 1.51. The molecule has 44 heavy (non-hydrogen) atoms. The molecule has 0 amide bonds. The van der Waals surface area contributed by atoms with Crippen LogP contribution in [0.3, 0.4) is 0 Å². The molecule has 2 heterocycles. The van der Waals surface area contributed by atoms with Crippen molar-refractivity contribution in [1.29, 1.82) is 0 Å². The molecule has 3 nitrogen and oxygen atoms in total. The van der Waals surface area contributed by atoms with Crippen LogP contribution in [0.5, 0.6) is 0 Å². The second-order valence-corrected chi connectivity index (χ2v) is 12.6. The summed E-state index contributed by atoms with van der Waals surface area (Å²) < 4.78 is 6.42. The second-order valence-electron chi connectivity index (χ2n) is 12.6. The Morgan fingerprint density at radius 3 is 1.82 bits per heavy atom. The molecule has 0 N–H and O–H groups in total. The molecule has 0 saturated carbocycles. The fourth-order valence-electron chi connectivity index (χ4n) is 7.75. The second kappa shape index (κ2) is 10.0. The molecule has 8 rings (SSSR count). The molecule has 0 bridgehead atoms. The number of benzene rings is 5. The van der Waals surface area contributed by atoms with Crippen molar-refractivity contribution in [2.75, 3.05) is 0 Å². The zero-order valence-electron chi connectivity index (χ0n) is 25.5. The highest BCUT2D eigenvalue weighted by molar-refractivity contribution is 6.08. The van der Waals surface area contributed by atoms with Crippen molar-refractivity contribution >= 4 is 21.9 Å². The Morgan fingerprint density at radius 2 is 1.11 bits per heavy atom. The molecule has 0 radical (unpaired) electrons. The fraction of sp³-hybridized carbons (Fsp3) is 0.171. The van der Waals surface area contributed by atoms with Gasteiger partial charge in [0.1, 0.15) is 11.2 Å². The molecule has 0 fully saturated rings. The third-order valence-electron chi connectivity index (χ3n) is 9.66. The summed E-state index contributed by atoms with van der Waals surface area (Å²) in [5.41, 5.74) is 12.1. The van der Waals surface area contributed by atoms with Crippen molar-refractivity contribution in [2.45, 2.75) is 33.1 Å². The highest BCUT2D eigenvalue weighted by atomic mass is 16.3. The fourth-order valence-corrected chi connectivity index (χ4v) is 7.75. The Labute approximate surface area is 258 Å². The monoisotopic (exact) mass is 570 g/mol. The predicted octanol–water partition coefficient (Wildman–Crippen LogP) is 11.0. The van der Waals surface area contributed by atoms with Crippen molar-refractivity contribution in [3.05, 3.63) is 132 Å². The molecule has 1 aliphatic rings. The first-order valence-corrected chi connectivity index (χ1v) is 15.6. The maximum Gasteiger partial charge on any atom is 0.160 e. The third-order valence-corrected chi connectivity index (χ3v) is 9.66. The molecule has 0 saturated heterocycles. The SMILES string of the molecule is CC(C)C1(C(C)C)c2ccc(-c3cc(-c4ccccc4)nc(-c4ccccc4)n3)cc2-c2cc3c(cc21)oc1ccccc13. The van der Waals surface area contributed by atoms with Gasteiger partial charge in [-0.05, 0) is 64.4 Å². The van der Waals surface area contributed by atoms with Gasteiger partial charge in [0.05, 0.1) is 11.4 Å². The number of hydrogen-bond acceptors (Lipinski definition) is 3. The summed E-state index contributed by atoms with van der Waals surface area (Å²) in [5, 5.41) is 2.32. The van der Waals surface area contributed by atoms with E-state index in [9.17, 15) is 0 Å². The van der Waals surface area contributed by atoms with Crippen LogP contribution in [0.1, 0.15) is 38.8 Å². The topological polar surface area (TPSA) is 38.9 Å². The predicted molar refractivity (Wildman–Crippen MR) is 182 cm³/mol. The van der Waals surface area contributed by atoms with E-state index in [0.29, 0.717) is 11.8 Å². The number of para-hydroxylation sites is 1. The lowest BCUT2D eigenvalue weighted by atomic mass is 9.63. The number of nitrogens with zero attached hydrogens (tertiary/aromatic N) is 2. The first kappa shape index (κ1) is 26.6. The summed E-state index contributed by atoms with van der Waals surface area (Å²) in [4.78, 5) is 10.2. The highest BCUT2D eigenvalue weighted by Crippen LogP contribution is 2.58. The van der Waals surface area contributed by atoms with Crippen LogP contribution in [0.4, 0.5) is 0 Å². The molecule has 0 atom stereocenters. The normalized spacial score (nSPS) is 13.6. The van der Waals surface area contributed by atoms with Crippen LogP contribution >= 0.6 is 0 Å². The van der Waals surface area contributed by atoms with Crippen LogP contribution in [0.2, 0.25) is 0 Å². The molecule has 2 aromatic heterocycles. The van der Waals surface area contributed by atoms with E-state index in [4.69, 9.17) is 14.4 Å². The van der Waals surface area contributed by atoms with Crippen molar-refractivity contribution in [3.63, 3.8) is 0 Å². The van der Waals surface area contributed by atoms with E-state index < -0.39 is 0 Å². The minimum absolute atomic E-state index is 0.133. The minimum Gasteiger partial charge on any atom is -0.456 e. The lowest BCUT2D eigenvalue weighted by Gasteiger charge is -2.40. The van der Waals surface area contributed by atoms with Crippen LogP contribution in [0.25, 0.3) is 67.0 Å². The molecule has 0 spiro atoms. The van der Waals surface area contributed by atoms with Crippen LogP contribution < -0.4 is 0 Å². The van der Waals surface area contributed by atoms with E-state index in [1.165, 1.54) is 27.6 Å². The van der Waals surface area contributed by atoms with Gasteiger partial charge in [-0.25, -0.2) is 9.97 Å². The maximum atomic E-state index is 6.42. The Kier molecular flexibility index (Phi) is 6.06. The Balaban J connectivity index is 1.38. The number of hydrogen-bond donors (Lipinski definition) is 0. The number of aromatic nitrogens is 2. The van der Waals surface area contributed by atoms with Gasteiger partial charge in [0.2, 0.25) is 0 Å². The van der Waals surface area contributed by atoms with Crippen LogP contribution in [-0.2, 0) is 5.41 Å². The van der Waals surface area contributed by atoms with Gasteiger partial charge in [-0.2, -0.15) is 0 Å². The minimum atomic E-state index is -0.133. The van der Waals surface area contributed by atoms with Gasteiger partial charge in [-0.3, -0.25) is 0 Å². The van der Waals surface area contributed by atoms with Gasteiger partial charge in [-0.1, -0.05) is 119 Å². The summed E-state index contributed by atoms with van der Waals surface area (Å²) >= 11 is 0. The van der Waals surface area contributed by atoms with Gasteiger partial charge in [0.15, 0.2) is 5.82 Å². The van der Waals surface area contributed by atoms with Gasteiger partial charge in [-0.15, -0.1) is 0 Å². The average Bonchev–Trinajstić information content (AvgIpc) is 3.57. The largest absolute Gasteiger partial charge is 0.456 e. The number of rotatable bonds is 5. The van der Waals surface area contributed by atoms with E-state index in [2.05, 4.69) is 119 Å². The quantitative estimate of drug-likeness (QED) is 0.207. The number of furan rings is 1. The van der Waals surface area contributed by atoms with Gasteiger partial charge in [0, 0.05) is 32.9 Å². The summed E-state index contributed by atoms with van der Waals surface area (Å²) in [6, 6.07) is 42.8. The maximum absolute atomic E-state index is 6.42. The van der Waals surface area contributed by atoms with Crippen LogP contribution in [0, 0.1) is 11.8 Å².